The molecule has 0 saturated carbocycles. The number of hydrogen-bond acceptors (Lipinski definition) is 2. The van der Waals surface area contributed by atoms with Crippen LogP contribution in [0.15, 0.2) is 36.5 Å². The van der Waals surface area contributed by atoms with E-state index in [4.69, 9.17) is 4.74 Å². The van der Waals surface area contributed by atoms with E-state index in [1.165, 1.54) is 70.6 Å². The van der Waals surface area contributed by atoms with Crippen LogP contribution >= 0.6 is 0 Å². The highest BCUT2D eigenvalue weighted by molar-refractivity contribution is 5.69. The SMILES string of the molecule is CCCCC=CC=CC=CCCCCCCCC(=O)OCCCCCCCC. The average Bonchev–Trinajstić information content (AvgIpc) is 2.70. The second kappa shape index (κ2) is 23.7. The van der Waals surface area contributed by atoms with Crippen LogP contribution in [-0.2, 0) is 9.53 Å². The first-order chi connectivity index (χ1) is 13.8. The number of hydrogen-bond donors (Lipinski definition) is 0. The third-order valence-electron chi connectivity index (χ3n) is 4.84. The Hall–Kier alpha value is -1.31. The summed E-state index contributed by atoms with van der Waals surface area (Å²) in [6.07, 6.45) is 31.6. The van der Waals surface area contributed by atoms with Crippen LogP contribution in [0.3, 0.4) is 0 Å². The lowest BCUT2D eigenvalue weighted by atomic mass is 10.1. The molecule has 0 spiro atoms. The van der Waals surface area contributed by atoms with E-state index < -0.39 is 0 Å². The van der Waals surface area contributed by atoms with Crippen molar-refractivity contribution in [1.29, 1.82) is 0 Å². The van der Waals surface area contributed by atoms with Gasteiger partial charge < -0.3 is 4.74 Å². The summed E-state index contributed by atoms with van der Waals surface area (Å²) in [6, 6.07) is 0. The minimum Gasteiger partial charge on any atom is -0.466 e. The molecule has 0 bridgehead atoms. The van der Waals surface area contributed by atoms with Crippen LogP contribution in [-0.4, -0.2) is 12.6 Å². The van der Waals surface area contributed by atoms with Gasteiger partial charge in [-0.3, -0.25) is 4.79 Å². The van der Waals surface area contributed by atoms with Gasteiger partial charge in [0.25, 0.3) is 0 Å². The van der Waals surface area contributed by atoms with Crippen molar-refractivity contribution in [3.05, 3.63) is 36.5 Å². The molecule has 0 aromatic rings. The lowest BCUT2D eigenvalue weighted by Gasteiger charge is -2.05. The lowest BCUT2D eigenvalue weighted by molar-refractivity contribution is -0.143. The highest BCUT2D eigenvalue weighted by Gasteiger charge is 2.02. The Morgan fingerprint density at radius 3 is 1.82 bits per heavy atom. The molecule has 0 N–H and O–H groups in total. The topological polar surface area (TPSA) is 26.3 Å². The molecule has 0 unspecified atom stereocenters. The zero-order chi connectivity index (χ0) is 20.5. The van der Waals surface area contributed by atoms with Crippen molar-refractivity contribution in [2.75, 3.05) is 6.61 Å². The van der Waals surface area contributed by atoms with Crippen molar-refractivity contribution < 1.29 is 9.53 Å². The Balaban J connectivity index is 3.31. The van der Waals surface area contributed by atoms with Gasteiger partial charge in [-0.15, -0.1) is 0 Å². The normalized spacial score (nSPS) is 11.9. The molecular formula is C26H46O2. The maximum absolute atomic E-state index is 11.7. The summed E-state index contributed by atoms with van der Waals surface area (Å²) in [6.45, 7) is 5.06. The summed E-state index contributed by atoms with van der Waals surface area (Å²) in [4.78, 5) is 11.7. The molecule has 0 aliphatic rings. The van der Waals surface area contributed by atoms with Crippen LogP contribution in [0.5, 0.6) is 0 Å². The van der Waals surface area contributed by atoms with Crippen molar-refractivity contribution in [2.45, 2.75) is 117 Å². The molecule has 0 aromatic heterocycles. The molecule has 28 heavy (non-hydrogen) atoms. The number of esters is 1. The van der Waals surface area contributed by atoms with Gasteiger partial charge in [-0.1, -0.05) is 115 Å². The maximum Gasteiger partial charge on any atom is 0.305 e. The predicted molar refractivity (Wildman–Crippen MR) is 124 cm³/mol. The number of unbranched alkanes of at least 4 members (excludes halogenated alkanes) is 12. The smallest absolute Gasteiger partial charge is 0.305 e. The number of allylic oxidation sites excluding steroid dienone is 6. The number of ether oxygens (including phenoxy) is 1. The van der Waals surface area contributed by atoms with Crippen LogP contribution in [0.25, 0.3) is 0 Å². The monoisotopic (exact) mass is 390 g/mol. The summed E-state index contributed by atoms with van der Waals surface area (Å²) in [5, 5.41) is 0. The van der Waals surface area contributed by atoms with E-state index in [0.29, 0.717) is 13.0 Å². The van der Waals surface area contributed by atoms with Crippen LogP contribution in [0.2, 0.25) is 0 Å². The zero-order valence-corrected chi connectivity index (χ0v) is 18.8. The fourth-order valence-corrected chi connectivity index (χ4v) is 3.00. The fraction of sp³-hybridized carbons (Fsp3) is 0.731. The molecule has 0 atom stereocenters. The second-order valence-electron chi connectivity index (χ2n) is 7.68. The van der Waals surface area contributed by atoms with Gasteiger partial charge in [0.15, 0.2) is 0 Å². The van der Waals surface area contributed by atoms with Gasteiger partial charge in [-0.05, 0) is 32.1 Å². The largest absolute Gasteiger partial charge is 0.466 e. The molecule has 0 amide bonds. The van der Waals surface area contributed by atoms with Crippen LogP contribution in [0.4, 0.5) is 0 Å². The van der Waals surface area contributed by atoms with Crippen molar-refractivity contribution >= 4 is 5.97 Å². The van der Waals surface area contributed by atoms with E-state index in [9.17, 15) is 4.79 Å². The van der Waals surface area contributed by atoms with Gasteiger partial charge in [-0.25, -0.2) is 0 Å². The van der Waals surface area contributed by atoms with Crippen molar-refractivity contribution in [2.24, 2.45) is 0 Å². The first-order valence-corrected chi connectivity index (χ1v) is 11.9. The van der Waals surface area contributed by atoms with E-state index in [-0.39, 0.29) is 5.97 Å². The van der Waals surface area contributed by atoms with E-state index in [0.717, 1.165) is 25.7 Å². The van der Waals surface area contributed by atoms with E-state index in [1.807, 2.05) is 0 Å². The van der Waals surface area contributed by atoms with Gasteiger partial charge in [0.2, 0.25) is 0 Å². The molecule has 0 heterocycles. The molecule has 2 heteroatoms. The van der Waals surface area contributed by atoms with Crippen molar-refractivity contribution in [3.63, 3.8) is 0 Å². The summed E-state index contributed by atoms with van der Waals surface area (Å²) in [5.41, 5.74) is 0. The molecule has 162 valence electrons. The lowest BCUT2D eigenvalue weighted by Crippen LogP contribution is -2.05. The number of rotatable bonds is 20. The van der Waals surface area contributed by atoms with Crippen molar-refractivity contribution in [1.82, 2.24) is 0 Å². The predicted octanol–water partition coefficient (Wildman–Crippen LogP) is 8.48. The Morgan fingerprint density at radius 1 is 0.607 bits per heavy atom. The highest BCUT2D eigenvalue weighted by Crippen LogP contribution is 2.09. The Bertz CT molecular complexity index is 407. The molecule has 0 aliphatic carbocycles. The minimum atomic E-state index is -0.00739. The van der Waals surface area contributed by atoms with Crippen LogP contribution in [0.1, 0.15) is 117 Å². The van der Waals surface area contributed by atoms with Crippen molar-refractivity contribution in [3.8, 4) is 0 Å². The molecular weight excluding hydrogens is 344 g/mol. The van der Waals surface area contributed by atoms with E-state index >= 15 is 0 Å². The molecule has 2 nitrogen and oxygen atoms in total. The fourth-order valence-electron chi connectivity index (χ4n) is 3.00. The molecule has 0 aromatic carbocycles. The number of carbonyl (C=O) groups excluding carboxylic acids is 1. The summed E-state index contributed by atoms with van der Waals surface area (Å²) in [5.74, 6) is -0.00739. The quantitative estimate of drug-likeness (QED) is 0.118. The van der Waals surface area contributed by atoms with Gasteiger partial charge in [0, 0.05) is 6.42 Å². The van der Waals surface area contributed by atoms with E-state index in [1.54, 1.807) is 0 Å². The average molecular weight is 391 g/mol. The Morgan fingerprint density at radius 2 is 1.14 bits per heavy atom. The van der Waals surface area contributed by atoms with Gasteiger partial charge in [-0.2, -0.15) is 0 Å². The third kappa shape index (κ3) is 22.7. The first kappa shape index (κ1) is 26.7. The molecule has 0 rings (SSSR count). The molecule has 0 saturated heterocycles. The number of carbonyl (C=O) groups is 1. The zero-order valence-electron chi connectivity index (χ0n) is 18.8. The third-order valence-corrected chi connectivity index (χ3v) is 4.84. The Kier molecular flexibility index (Phi) is 22.6. The standard InChI is InChI=1S/C26H46O2/c1-3-5-7-9-11-12-13-14-15-16-17-18-19-20-22-24-26(27)28-25-23-21-10-8-6-4-2/h9,11-15H,3-8,10,16-25H2,1-2H3. The summed E-state index contributed by atoms with van der Waals surface area (Å²) < 4.78 is 5.31. The Labute approximate surface area is 175 Å². The second-order valence-corrected chi connectivity index (χ2v) is 7.68. The van der Waals surface area contributed by atoms with Gasteiger partial charge >= 0.3 is 5.97 Å². The van der Waals surface area contributed by atoms with Gasteiger partial charge in [0.1, 0.15) is 0 Å². The highest BCUT2D eigenvalue weighted by atomic mass is 16.5. The maximum atomic E-state index is 11.7. The summed E-state index contributed by atoms with van der Waals surface area (Å²) in [7, 11) is 0. The van der Waals surface area contributed by atoms with Crippen LogP contribution < -0.4 is 0 Å². The minimum absolute atomic E-state index is 0.00739. The van der Waals surface area contributed by atoms with Crippen LogP contribution in [0, 0.1) is 0 Å². The molecule has 0 aliphatic heterocycles. The van der Waals surface area contributed by atoms with E-state index in [2.05, 4.69) is 50.3 Å². The molecule has 0 fully saturated rings. The van der Waals surface area contributed by atoms with Gasteiger partial charge in [0.05, 0.1) is 6.61 Å². The first-order valence-electron chi connectivity index (χ1n) is 11.9. The molecule has 0 radical (unpaired) electrons. The summed E-state index contributed by atoms with van der Waals surface area (Å²) >= 11 is 0.